The zero-order valence-corrected chi connectivity index (χ0v) is 11.9. The minimum atomic E-state index is -0.725. The smallest absolute Gasteiger partial charge is 0.306 e. The Hall–Kier alpha value is -1.10. The van der Waals surface area contributed by atoms with Crippen molar-refractivity contribution in [2.45, 2.75) is 52.0 Å². The van der Waals surface area contributed by atoms with Gasteiger partial charge in [0.2, 0.25) is 5.91 Å². The molecule has 0 saturated heterocycles. The summed E-state index contributed by atoms with van der Waals surface area (Å²) in [5.74, 6) is -0.984. The van der Waals surface area contributed by atoms with Gasteiger partial charge in [-0.15, -0.1) is 0 Å². The van der Waals surface area contributed by atoms with Crippen molar-refractivity contribution in [2.24, 2.45) is 11.8 Å². The van der Waals surface area contributed by atoms with E-state index in [1.165, 1.54) is 0 Å². The Labute approximate surface area is 115 Å². The third-order valence-electron chi connectivity index (χ3n) is 4.01. The summed E-state index contributed by atoms with van der Waals surface area (Å²) in [6.07, 6.45) is 4.67. The topological polar surface area (TPSA) is 78.4 Å². The van der Waals surface area contributed by atoms with Gasteiger partial charge < -0.3 is 15.7 Å². The van der Waals surface area contributed by atoms with Gasteiger partial charge in [-0.2, -0.15) is 0 Å². The zero-order chi connectivity index (χ0) is 14.3. The highest BCUT2D eigenvalue weighted by Crippen LogP contribution is 2.29. The Kier molecular flexibility index (Phi) is 6.84. The Bertz CT molecular complexity index is 307. The van der Waals surface area contributed by atoms with E-state index in [-0.39, 0.29) is 17.7 Å². The molecule has 1 amide bonds. The molecule has 0 aromatic heterocycles. The van der Waals surface area contributed by atoms with E-state index >= 15 is 0 Å². The molecule has 1 aliphatic rings. The van der Waals surface area contributed by atoms with Gasteiger partial charge in [0, 0.05) is 12.6 Å². The molecule has 1 aliphatic carbocycles. The Morgan fingerprint density at radius 1 is 1.32 bits per heavy atom. The summed E-state index contributed by atoms with van der Waals surface area (Å²) in [6, 6.07) is 0.326. The molecule has 0 heterocycles. The largest absolute Gasteiger partial charge is 0.481 e. The first-order chi connectivity index (χ1) is 9.04. The fraction of sp³-hybridized carbons (Fsp3) is 0.857. The van der Waals surface area contributed by atoms with Gasteiger partial charge in [-0.05, 0) is 32.1 Å². The van der Waals surface area contributed by atoms with Gasteiger partial charge in [0.1, 0.15) is 0 Å². The lowest BCUT2D eigenvalue weighted by molar-refractivity contribution is -0.145. The van der Waals surface area contributed by atoms with Gasteiger partial charge in [0.05, 0.1) is 12.5 Å². The second-order valence-corrected chi connectivity index (χ2v) is 5.48. The van der Waals surface area contributed by atoms with Crippen molar-refractivity contribution in [3.63, 3.8) is 0 Å². The van der Waals surface area contributed by atoms with Crippen molar-refractivity contribution >= 4 is 11.9 Å². The molecule has 5 nitrogen and oxygen atoms in total. The van der Waals surface area contributed by atoms with Gasteiger partial charge in [0.25, 0.3) is 0 Å². The predicted octanol–water partition coefficient (Wildman–Crippen LogP) is 1.38. The first-order valence-electron chi connectivity index (χ1n) is 7.27. The first kappa shape index (κ1) is 16.0. The van der Waals surface area contributed by atoms with Gasteiger partial charge in [-0.1, -0.05) is 19.8 Å². The third-order valence-corrected chi connectivity index (χ3v) is 4.01. The molecule has 1 saturated carbocycles. The van der Waals surface area contributed by atoms with Crippen LogP contribution in [0, 0.1) is 11.8 Å². The lowest BCUT2D eigenvalue weighted by Crippen LogP contribution is -2.42. The molecule has 19 heavy (non-hydrogen) atoms. The lowest BCUT2D eigenvalue weighted by Gasteiger charge is -2.28. The minimum absolute atomic E-state index is 0.0463. The van der Waals surface area contributed by atoms with Crippen LogP contribution < -0.4 is 10.6 Å². The molecule has 1 rings (SSSR count). The van der Waals surface area contributed by atoms with Crippen LogP contribution in [0.4, 0.5) is 0 Å². The zero-order valence-electron chi connectivity index (χ0n) is 11.9. The molecule has 3 unspecified atom stereocenters. The predicted molar refractivity (Wildman–Crippen MR) is 73.8 cm³/mol. The van der Waals surface area contributed by atoms with Crippen LogP contribution >= 0.6 is 0 Å². The van der Waals surface area contributed by atoms with Crippen LogP contribution in [0.3, 0.4) is 0 Å². The fourth-order valence-electron chi connectivity index (χ4n) is 2.50. The Balaban J connectivity index is 2.29. The summed E-state index contributed by atoms with van der Waals surface area (Å²) in [6.45, 7) is 4.89. The number of amides is 1. The molecular formula is C14H26N2O3. The number of hydrogen-bond acceptors (Lipinski definition) is 3. The van der Waals surface area contributed by atoms with E-state index in [1.807, 2.05) is 6.92 Å². The summed E-state index contributed by atoms with van der Waals surface area (Å²) in [7, 11) is 0. The molecule has 0 aromatic rings. The summed E-state index contributed by atoms with van der Waals surface area (Å²) in [5, 5.41) is 15.1. The first-order valence-corrected chi connectivity index (χ1v) is 7.27. The lowest BCUT2D eigenvalue weighted by atomic mass is 9.79. The molecular weight excluding hydrogens is 244 g/mol. The number of carbonyl (C=O) groups is 2. The van der Waals surface area contributed by atoms with Crippen molar-refractivity contribution in [3.05, 3.63) is 0 Å². The van der Waals surface area contributed by atoms with Crippen LogP contribution in [0.15, 0.2) is 0 Å². The van der Waals surface area contributed by atoms with E-state index in [1.54, 1.807) is 0 Å². The summed E-state index contributed by atoms with van der Waals surface area (Å²) in [4.78, 5) is 22.8. The van der Waals surface area contributed by atoms with E-state index in [9.17, 15) is 9.59 Å². The van der Waals surface area contributed by atoms with Crippen LogP contribution in [-0.4, -0.2) is 36.1 Å². The van der Waals surface area contributed by atoms with Crippen molar-refractivity contribution in [3.8, 4) is 0 Å². The number of carboxylic acid groups (broad SMARTS) is 1. The standard InChI is InChI=1S/C14H26N2O3/c1-3-10(2)15-9-13(17)16-8-11-6-4-5-7-12(11)14(18)19/h10-12,15H,3-9H2,1-2H3,(H,16,17)(H,18,19). The van der Waals surface area contributed by atoms with Gasteiger partial charge in [-0.25, -0.2) is 0 Å². The highest BCUT2D eigenvalue weighted by atomic mass is 16.4. The molecule has 1 fully saturated rings. The van der Waals surface area contributed by atoms with Crippen LogP contribution in [-0.2, 0) is 9.59 Å². The number of carboxylic acids is 1. The van der Waals surface area contributed by atoms with E-state index < -0.39 is 5.97 Å². The van der Waals surface area contributed by atoms with Crippen molar-refractivity contribution in [2.75, 3.05) is 13.1 Å². The van der Waals surface area contributed by atoms with E-state index in [0.29, 0.717) is 19.1 Å². The maximum atomic E-state index is 11.7. The SMILES string of the molecule is CCC(C)NCC(=O)NCC1CCCCC1C(=O)O. The number of rotatable bonds is 7. The van der Waals surface area contributed by atoms with Gasteiger partial charge in [0.15, 0.2) is 0 Å². The number of aliphatic carboxylic acids is 1. The molecule has 0 radical (unpaired) electrons. The third kappa shape index (κ3) is 5.59. The average Bonchev–Trinajstić information content (AvgIpc) is 2.42. The molecule has 110 valence electrons. The second kappa shape index (κ2) is 8.15. The summed E-state index contributed by atoms with van der Waals surface area (Å²) < 4.78 is 0. The molecule has 3 N–H and O–H groups in total. The highest BCUT2D eigenvalue weighted by molar-refractivity contribution is 5.78. The number of nitrogens with one attached hydrogen (secondary N) is 2. The Morgan fingerprint density at radius 3 is 2.63 bits per heavy atom. The molecule has 0 aliphatic heterocycles. The van der Waals surface area contributed by atoms with E-state index in [4.69, 9.17) is 5.11 Å². The highest BCUT2D eigenvalue weighted by Gasteiger charge is 2.30. The van der Waals surface area contributed by atoms with Gasteiger partial charge >= 0.3 is 5.97 Å². The number of hydrogen-bond donors (Lipinski definition) is 3. The van der Waals surface area contributed by atoms with Crippen LogP contribution in [0.25, 0.3) is 0 Å². The summed E-state index contributed by atoms with van der Waals surface area (Å²) >= 11 is 0. The second-order valence-electron chi connectivity index (χ2n) is 5.48. The molecule has 0 bridgehead atoms. The van der Waals surface area contributed by atoms with Crippen molar-refractivity contribution in [1.82, 2.24) is 10.6 Å². The Morgan fingerprint density at radius 2 is 2.00 bits per heavy atom. The monoisotopic (exact) mass is 270 g/mol. The summed E-state index contributed by atoms with van der Waals surface area (Å²) in [5.41, 5.74) is 0. The minimum Gasteiger partial charge on any atom is -0.481 e. The molecule has 0 aromatic carbocycles. The molecule has 5 heteroatoms. The van der Waals surface area contributed by atoms with Crippen LogP contribution in [0.2, 0.25) is 0 Å². The fourth-order valence-corrected chi connectivity index (χ4v) is 2.50. The van der Waals surface area contributed by atoms with Gasteiger partial charge in [-0.3, -0.25) is 9.59 Å². The van der Waals surface area contributed by atoms with E-state index in [2.05, 4.69) is 17.6 Å². The normalized spacial score (nSPS) is 24.7. The van der Waals surface area contributed by atoms with Crippen LogP contribution in [0.1, 0.15) is 46.0 Å². The van der Waals surface area contributed by atoms with Crippen molar-refractivity contribution < 1.29 is 14.7 Å². The average molecular weight is 270 g/mol. The van der Waals surface area contributed by atoms with E-state index in [0.717, 1.165) is 32.1 Å². The van der Waals surface area contributed by atoms with Crippen LogP contribution in [0.5, 0.6) is 0 Å². The quantitative estimate of drug-likeness (QED) is 0.653. The number of carbonyl (C=O) groups excluding carboxylic acids is 1. The molecule has 3 atom stereocenters. The van der Waals surface area contributed by atoms with Crippen molar-refractivity contribution in [1.29, 1.82) is 0 Å². The maximum absolute atomic E-state index is 11.7. The maximum Gasteiger partial charge on any atom is 0.306 e. The molecule has 0 spiro atoms.